The van der Waals surface area contributed by atoms with Gasteiger partial charge in [0.2, 0.25) is 0 Å². The highest BCUT2D eigenvalue weighted by Crippen LogP contribution is 2.39. The number of fused-ring (bicyclic) bond motifs is 2. The van der Waals surface area contributed by atoms with Crippen molar-refractivity contribution in [3.63, 3.8) is 0 Å². The van der Waals surface area contributed by atoms with Crippen molar-refractivity contribution >= 4 is 101 Å². The molecule has 6 rings (SSSR count). The lowest BCUT2D eigenvalue weighted by Gasteiger charge is -2.11. The van der Waals surface area contributed by atoms with Crippen LogP contribution in [0.3, 0.4) is 0 Å². The number of aryl methyl sites for hydroxylation is 1. The number of benzene rings is 4. The van der Waals surface area contributed by atoms with Gasteiger partial charge in [0, 0.05) is 43.6 Å². The number of nitrogens with one attached hydrogen (secondary N) is 2. The number of hydrazone groups is 1. The standard InChI is InChI=1S/C35H24Cl2N4O7S2/c1-3-47-26-15-19(5-13-25(26)48-35(44)32-30(37)23-11-4-18(2)14-27(23)50-32)17-38-40-33(42)20-6-8-21(9-7-20)39-34(43)31-29(36)24-12-10-22(41(45)46)16-28(24)49-31/h4-17H,3H2,1-2H3,(H,39,43)(H,40,42)/b38-17-. The fraction of sp³-hybridized carbons (Fsp3) is 0.0857. The van der Waals surface area contributed by atoms with Gasteiger partial charge in [-0.2, -0.15) is 5.10 Å². The summed E-state index contributed by atoms with van der Waals surface area (Å²) in [6, 6.07) is 20.9. The molecule has 0 atom stereocenters. The summed E-state index contributed by atoms with van der Waals surface area (Å²) >= 11 is 15.2. The fourth-order valence-electron chi connectivity index (χ4n) is 4.84. The van der Waals surface area contributed by atoms with Crippen LogP contribution in [0.15, 0.2) is 84.0 Å². The van der Waals surface area contributed by atoms with Gasteiger partial charge in [0.05, 0.1) is 27.8 Å². The number of carbonyl (C=O) groups excluding carboxylic acids is 3. The number of nitro benzene ring substituents is 1. The molecular weight excluding hydrogens is 723 g/mol. The molecule has 50 heavy (non-hydrogen) atoms. The summed E-state index contributed by atoms with van der Waals surface area (Å²) < 4.78 is 12.8. The van der Waals surface area contributed by atoms with Gasteiger partial charge in [-0.05, 0) is 79.6 Å². The first-order valence-corrected chi connectivity index (χ1v) is 17.2. The van der Waals surface area contributed by atoms with Crippen molar-refractivity contribution in [1.29, 1.82) is 0 Å². The van der Waals surface area contributed by atoms with E-state index >= 15 is 0 Å². The molecule has 6 aromatic rings. The van der Waals surface area contributed by atoms with Gasteiger partial charge in [0.25, 0.3) is 17.5 Å². The quantitative estimate of drug-likeness (QED) is 0.0466. The van der Waals surface area contributed by atoms with Crippen LogP contribution in [-0.2, 0) is 0 Å². The molecule has 2 aromatic heterocycles. The lowest BCUT2D eigenvalue weighted by Crippen LogP contribution is -2.17. The summed E-state index contributed by atoms with van der Waals surface area (Å²) in [6.07, 6.45) is 1.41. The van der Waals surface area contributed by atoms with Crippen LogP contribution in [0.5, 0.6) is 11.5 Å². The van der Waals surface area contributed by atoms with Gasteiger partial charge in [-0.3, -0.25) is 19.7 Å². The predicted molar refractivity (Wildman–Crippen MR) is 197 cm³/mol. The zero-order valence-electron chi connectivity index (χ0n) is 26.1. The van der Waals surface area contributed by atoms with Crippen LogP contribution in [-0.4, -0.2) is 35.5 Å². The van der Waals surface area contributed by atoms with Crippen LogP contribution in [0.1, 0.15) is 47.8 Å². The van der Waals surface area contributed by atoms with E-state index in [2.05, 4.69) is 15.8 Å². The number of hydrogen-bond acceptors (Lipinski definition) is 10. The maximum atomic E-state index is 13.1. The Balaban J connectivity index is 1.08. The fourth-order valence-corrected chi connectivity index (χ4v) is 7.77. The number of ether oxygens (including phenoxy) is 2. The first kappa shape index (κ1) is 34.5. The molecule has 11 nitrogen and oxygen atoms in total. The molecule has 252 valence electrons. The van der Waals surface area contributed by atoms with E-state index in [0.717, 1.165) is 27.0 Å². The van der Waals surface area contributed by atoms with Crippen molar-refractivity contribution in [2.45, 2.75) is 13.8 Å². The Labute approximate surface area is 302 Å². The minimum atomic E-state index is -0.605. The van der Waals surface area contributed by atoms with Gasteiger partial charge in [-0.1, -0.05) is 35.3 Å². The van der Waals surface area contributed by atoms with Gasteiger partial charge in [-0.25, -0.2) is 10.2 Å². The second kappa shape index (κ2) is 14.6. The highest BCUT2D eigenvalue weighted by Gasteiger charge is 2.22. The number of esters is 1. The molecule has 2 N–H and O–H groups in total. The molecule has 0 saturated heterocycles. The zero-order valence-corrected chi connectivity index (χ0v) is 29.3. The van der Waals surface area contributed by atoms with Crippen molar-refractivity contribution in [3.8, 4) is 11.5 Å². The first-order chi connectivity index (χ1) is 24.0. The molecule has 0 unspecified atom stereocenters. The van der Waals surface area contributed by atoms with E-state index in [1.165, 1.54) is 47.9 Å². The number of non-ortho nitro benzene ring substituents is 1. The second-order valence-corrected chi connectivity index (χ2v) is 13.5. The number of thiophene rings is 2. The maximum Gasteiger partial charge on any atom is 0.355 e. The number of hydrogen-bond donors (Lipinski definition) is 2. The van der Waals surface area contributed by atoms with Gasteiger partial charge in [0.1, 0.15) is 9.75 Å². The molecule has 2 amide bonds. The number of carbonyl (C=O) groups is 3. The summed E-state index contributed by atoms with van der Waals surface area (Å²) in [7, 11) is 0. The van der Waals surface area contributed by atoms with Gasteiger partial charge in [-0.15, -0.1) is 22.7 Å². The lowest BCUT2D eigenvalue weighted by molar-refractivity contribution is -0.384. The van der Waals surface area contributed by atoms with E-state index < -0.39 is 22.7 Å². The van der Waals surface area contributed by atoms with Crippen molar-refractivity contribution < 1.29 is 28.8 Å². The predicted octanol–water partition coefficient (Wildman–Crippen LogP) is 9.27. The van der Waals surface area contributed by atoms with Gasteiger partial charge in [0.15, 0.2) is 11.5 Å². The third-order valence-corrected chi connectivity index (χ3v) is 10.5. The van der Waals surface area contributed by atoms with Crippen LogP contribution in [0.4, 0.5) is 11.4 Å². The molecule has 15 heteroatoms. The summed E-state index contributed by atoms with van der Waals surface area (Å²) in [5, 5.41) is 19.7. The smallest absolute Gasteiger partial charge is 0.355 e. The summed E-state index contributed by atoms with van der Waals surface area (Å²) in [4.78, 5) is 49.8. The van der Waals surface area contributed by atoms with Crippen LogP contribution in [0.25, 0.3) is 20.2 Å². The molecule has 0 fully saturated rings. The third kappa shape index (κ3) is 7.31. The molecule has 4 aromatic carbocycles. The molecule has 0 aliphatic rings. The molecule has 0 bridgehead atoms. The van der Waals surface area contributed by atoms with Gasteiger partial charge < -0.3 is 14.8 Å². The Morgan fingerprint density at radius 1 is 0.860 bits per heavy atom. The average Bonchev–Trinajstić information content (AvgIpc) is 3.61. The van der Waals surface area contributed by atoms with E-state index in [1.807, 2.05) is 25.1 Å². The van der Waals surface area contributed by atoms with Crippen molar-refractivity contribution in [2.24, 2.45) is 5.10 Å². The highest BCUT2D eigenvalue weighted by molar-refractivity contribution is 7.22. The van der Waals surface area contributed by atoms with E-state index in [-0.39, 0.29) is 31.8 Å². The number of anilines is 1. The monoisotopic (exact) mass is 746 g/mol. The number of nitrogens with zero attached hydrogens (tertiary/aromatic N) is 2. The molecule has 0 spiro atoms. The Morgan fingerprint density at radius 3 is 2.26 bits per heavy atom. The average molecular weight is 748 g/mol. The lowest BCUT2D eigenvalue weighted by atomic mass is 10.2. The Bertz CT molecular complexity index is 2350. The Hall–Kier alpha value is -5.34. The van der Waals surface area contributed by atoms with E-state index in [1.54, 1.807) is 37.3 Å². The summed E-state index contributed by atoms with van der Waals surface area (Å²) in [6.45, 7) is 4.07. The van der Waals surface area contributed by atoms with E-state index in [9.17, 15) is 24.5 Å². The van der Waals surface area contributed by atoms with Gasteiger partial charge >= 0.3 is 5.97 Å². The molecular formula is C35H24Cl2N4O7S2. The zero-order chi connectivity index (χ0) is 35.5. The molecule has 0 saturated carbocycles. The maximum absolute atomic E-state index is 13.1. The van der Waals surface area contributed by atoms with Crippen LogP contribution < -0.4 is 20.2 Å². The Kier molecular flexibility index (Phi) is 10.1. The third-order valence-electron chi connectivity index (χ3n) is 7.26. The molecule has 2 heterocycles. The van der Waals surface area contributed by atoms with Crippen molar-refractivity contribution in [1.82, 2.24) is 5.43 Å². The number of amides is 2. The van der Waals surface area contributed by atoms with E-state index in [4.69, 9.17) is 32.7 Å². The minimum absolute atomic E-state index is 0.100. The van der Waals surface area contributed by atoms with Crippen molar-refractivity contribution in [2.75, 3.05) is 11.9 Å². The molecule has 0 radical (unpaired) electrons. The SMILES string of the molecule is CCOc1cc(/C=N\NC(=O)c2ccc(NC(=O)c3sc4cc([N+](=O)[O-])ccc4c3Cl)cc2)ccc1OC(=O)c1sc2cc(C)ccc2c1Cl. The van der Waals surface area contributed by atoms with Crippen LogP contribution >= 0.6 is 45.9 Å². The number of rotatable bonds is 10. The van der Waals surface area contributed by atoms with Crippen molar-refractivity contribution in [3.05, 3.63) is 125 Å². The Morgan fingerprint density at radius 2 is 1.54 bits per heavy atom. The largest absolute Gasteiger partial charge is 0.490 e. The molecule has 0 aliphatic carbocycles. The number of halogens is 2. The van der Waals surface area contributed by atoms with E-state index in [0.29, 0.717) is 38.7 Å². The summed E-state index contributed by atoms with van der Waals surface area (Å²) in [5.74, 6) is -1.09. The van der Waals surface area contributed by atoms with Crippen LogP contribution in [0, 0.1) is 17.0 Å². The van der Waals surface area contributed by atoms with Crippen LogP contribution in [0.2, 0.25) is 10.0 Å². The second-order valence-electron chi connectivity index (χ2n) is 10.7. The highest BCUT2D eigenvalue weighted by atomic mass is 35.5. The molecule has 0 aliphatic heterocycles. The topological polar surface area (TPSA) is 149 Å². The first-order valence-electron chi connectivity index (χ1n) is 14.8. The summed E-state index contributed by atoms with van der Waals surface area (Å²) in [5.41, 5.74) is 4.65. The minimum Gasteiger partial charge on any atom is -0.490 e. The number of nitro groups is 1. The normalized spacial score (nSPS) is 11.2.